The molecule has 1 unspecified atom stereocenters. The average molecular weight is 632 g/mol. The van der Waals surface area contributed by atoms with Gasteiger partial charge in [0, 0.05) is 24.2 Å². The zero-order chi connectivity index (χ0) is 33.3. The van der Waals surface area contributed by atoms with Gasteiger partial charge >= 0.3 is 5.97 Å². The molecule has 1 atom stereocenters. The second kappa shape index (κ2) is 19.0. The number of anilines is 1. The molecule has 2 amide bonds. The molecule has 10 heteroatoms. The number of rotatable bonds is 19. The Hall–Kier alpha value is -4.70. The van der Waals surface area contributed by atoms with Gasteiger partial charge in [0.05, 0.1) is 25.3 Å². The Labute approximate surface area is 271 Å². The monoisotopic (exact) mass is 631 g/mol. The number of esters is 1. The molecule has 3 rings (SSSR count). The lowest BCUT2D eigenvalue weighted by Gasteiger charge is -2.17. The molecule has 0 bridgehead atoms. The van der Waals surface area contributed by atoms with E-state index in [4.69, 9.17) is 14.2 Å². The first-order valence-electron chi connectivity index (χ1n) is 15.7. The van der Waals surface area contributed by atoms with E-state index in [1.165, 1.54) is 33.3 Å². The van der Waals surface area contributed by atoms with Gasteiger partial charge in [0.15, 0.2) is 17.3 Å². The predicted octanol–water partition coefficient (Wildman–Crippen LogP) is 5.74. The van der Waals surface area contributed by atoms with Gasteiger partial charge in [-0.25, -0.2) is 4.79 Å². The summed E-state index contributed by atoms with van der Waals surface area (Å²) in [5.74, 6) is -0.0893. The largest absolute Gasteiger partial charge is 0.494 e. The van der Waals surface area contributed by atoms with Crippen molar-refractivity contribution in [2.75, 3.05) is 32.6 Å². The second-order valence-electron chi connectivity index (χ2n) is 11.0. The summed E-state index contributed by atoms with van der Waals surface area (Å²) < 4.78 is 16.9. The summed E-state index contributed by atoms with van der Waals surface area (Å²) in [4.78, 5) is 50.2. The van der Waals surface area contributed by atoms with Crippen LogP contribution in [0.3, 0.4) is 0 Å². The van der Waals surface area contributed by atoms with Gasteiger partial charge in [-0.05, 0) is 93.0 Å². The highest BCUT2D eigenvalue weighted by molar-refractivity contribution is 5.98. The first kappa shape index (κ1) is 35.8. The third kappa shape index (κ3) is 11.7. The second-order valence-corrected chi connectivity index (χ2v) is 11.0. The van der Waals surface area contributed by atoms with Gasteiger partial charge in [-0.15, -0.1) is 0 Å². The fraction of sp³-hybridized carbons (Fsp3) is 0.389. The molecule has 3 aromatic rings. The highest BCUT2D eigenvalue weighted by Gasteiger charge is 2.20. The Morgan fingerprint density at radius 3 is 2.17 bits per heavy atom. The molecule has 0 aromatic heterocycles. The van der Waals surface area contributed by atoms with E-state index in [1.807, 2.05) is 0 Å². The third-order valence-corrected chi connectivity index (χ3v) is 7.31. The molecule has 46 heavy (non-hydrogen) atoms. The van der Waals surface area contributed by atoms with Crippen LogP contribution in [0.5, 0.6) is 17.2 Å². The lowest BCUT2D eigenvalue weighted by Crippen LogP contribution is -2.41. The number of amides is 2. The van der Waals surface area contributed by atoms with Gasteiger partial charge < -0.3 is 30.2 Å². The number of unbranched alkanes of at least 4 members (excludes halogenated alkanes) is 4. The first-order chi connectivity index (χ1) is 22.2. The highest BCUT2D eigenvalue weighted by atomic mass is 16.6. The van der Waals surface area contributed by atoms with Crippen LogP contribution in [0.15, 0.2) is 66.7 Å². The summed E-state index contributed by atoms with van der Waals surface area (Å²) in [5.41, 5.74) is 1.99. The molecule has 0 aliphatic carbocycles. The van der Waals surface area contributed by atoms with E-state index in [9.17, 15) is 19.2 Å². The number of benzene rings is 3. The van der Waals surface area contributed by atoms with Crippen molar-refractivity contribution in [3.63, 3.8) is 0 Å². The maximum absolute atomic E-state index is 12.9. The zero-order valence-corrected chi connectivity index (χ0v) is 27.1. The fourth-order valence-electron chi connectivity index (χ4n) is 4.61. The maximum atomic E-state index is 12.9. The van der Waals surface area contributed by atoms with Gasteiger partial charge in [0.2, 0.25) is 5.91 Å². The summed E-state index contributed by atoms with van der Waals surface area (Å²) in [5, 5.41) is 8.47. The predicted molar refractivity (Wildman–Crippen MR) is 178 cm³/mol. The van der Waals surface area contributed by atoms with Crippen molar-refractivity contribution < 1.29 is 33.4 Å². The standard InChI is InChI=1S/C36H45N3O7/c1-5-6-7-8-9-22-45-30-17-13-28(14-18-30)36(43)46-32-19-10-26(24-33(32)44-4)23-31(25(2)40)39-35(42)27-11-15-29(16-12-27)38-34(41)20-21-37-3/h10-19,24,31,37H,5-9,20-23H2,1-4H3,(H,38,41)(H,39,42). The van der Waals surface area contributed by atoms with E-state index in [2.05, 4.69) is 22.9 Å². The fourth-order valence-corrected chi connectivity index (χ4v) is 4.61. The number of carbonyl (C=O) groups excluding carboxylic acids is 4. The summed E-state index contributed by atoms with van der Waals surface area (Å²) >= 11 is 0. The van der Waals surface area contributed by atoms with Gasteiger partial charge in [0.25, 0.3) is 5.91 Å². The van der Waals surface area contributed by atoms with Gasteiger partial charge in [-0.3, -0.25) is 14.4 Å². The highest BCUT2D eigenvalue weighted by Crippen LogP contribution is 2.30. The number of hydrogen-bond donors (Lipinski definition) is 3. The van der Waals surface area contributed by atoms with Crippen LogP contribution in [0.4, 0.5) is 5.69 Å². The van der Waals surface area contributed by atoms with Crippen LogP contribution in [0.1, 0.15) is 78.7 Å². The van der Waals surface area contributed by atoms with Crippen LogP contribution in [0.2, 0.25) is 0 Å². The number of hydrogen-bond acceptors (Lipinski definition) is 8. The Kier molecular flexibility index (Phi) is 14.7. The molecule has 10 nitrogen and oxygen atoms in total. The molecular weight excluding hydrogens is 586 g/mol. The van der Waals surface area contributed by atoms with Crippen molar-refractivity contribution in [1.82, 2.24) is 10.6 Å². The van der Waals surface area contributed by atoms with Gasteiger partial charge in [0.1, 0.15) is 5.75 Å². The summed E-state index contributed by atoms with van der Waals surface area (Å²) in [6.45, 7) is 4.79. The molecule has 246 valence electrons. The Morgan fingerprint density at radius 2 is 1.52 bits per heavy atom. The number of ether oxygens (including phenoxy) is 3. The SMILES string of the molecule is CCCCCCCOc1ccc(C(=O)Oc2ccc(CC(NC(=O)c3ccc(NC(=O)CCNC)cc3)C(C)=O)cc2OC)cc1. The number of methoxy groups -OCH3 is 1. The normalized spacial score (nSPS) is 11.3. The molecule has 0 aliphatic rings. The topological polar surface area (TPSA) is 132 Å². The van der Waals surface area contributed by atoms with Crippen LogP contribution in [0, 0.1) is 0 Å². The molecule has 0 spiro atoms. The number of ketones is 1. The molecule has 0 aliphatic heterocycles. The molecule has 3 aromatic carbocycles. The van der Waals surface area contributed by atoms with Crippen LogP contribution < -0.4 is 30.2 Å². The third-order valence-electron chi connectivity index (χ3n) is 7.31. The quantitative estimate of drug-likeness (QED) is 0.0867. The number of carbonyl (C=O) groups is 4. The van der Waals surface area contributed by atoms with E-state index in [-0.39, 0.29) is 23.9 Å². The van der Waals surface area contributed by atoms with Gasteiger partial charge in [-0.2, -0.15) is 0 Å². The number of nitrogens with one attached hydrogen (secondary N) is 3. The van der Waals surface area contributed by atoms with E-state index in [0.29, 0.717) is 53.4 Å². The van der Waals surface area contributed by atoms with Crippen molar-refractivity contribution in [2.45, 2.75) is 64.8 Å². The van der Waals surface area contributed by atoms with Crippen molar-refractivity contribution in [3.8, 4) is 17.2 Å². The van der Waals surface area contributed by atoms with E-state index < -0.39 is 17.9 Å². The molecule has 0 saturated heterocycles. The first-order valence-corrected chi connectivity index (χ1v) is 15.7. The smallest absolute Gasteiger partial charge is 0.343 e. The van der Waals surface area contributed by atoms with Crippen molar-refractivity contribution in [2.24, 2.45) is 0 Å². The van der Waals surface area contributed by atoms with E-state index in [0.717, 1.165) is 12.8 Å². The minimum Gasteiger partial charge on any atom is -0.494 e. The molecular formula is C36H45N3O7. The van der Waals surface area contributed by atoms with E-state index in [1.54, 1.807) is 73.8 Å². The van der Waals surface area contributed by atoms with E-state index >= 15 is 0 Å². The molecule has 0 heterocycles. The Bertz CT molecular complexity index is 1440. The lowest BCUT2D eigenvalue weighted by molar-refractivity contribution is -0.119. The minimum absolute atomic E-state index is 0.137. The summed E-state index contributed by atoms with van der Waals surface area (Å²) in [6.07, 6.45) is 6.31. The minimum atomic E-state index is -0.802. The molecule has 3 N–H and O–H groups in total. The van der Waals surface area contributed by atoms with Crippen LogP contribution in [-0.2, 0) is 16.0 Å². The van der Waals surface area contributed by atoms with Crippen LogP contribution >= 0.6 is 0 Å². The van der Waals surface area contributed by atoms with Crippen LogP contribution in [-0.4, -0.2) is 56.9 Å². The Morgan fingerprint density at radius 1 is 0.826 bits per heavy atom. The zero-order valence-electron chi connectivity index (χ0n) is 27.1. The summed E-state index contributed by atoms with van der Waals surface area (Å²) in [7, 11) is 3.23. The van der Waals surface area contributed by atoms with Crippen molar-refractivity contribution >= 4 is 29.3 Å². The van der Waals surface area contributed by atoms with Gasteiger partial charge in [-0.1, -0.05) is 38.7 Å². The lowest BCUT2D eigenvalue weighted by atomic mass is 10.0. The Balaban J connectivity index is 1.57. The average Bonchev–Trinajstić information content (AvgIpc) is 3.06. The summed E-state index contributed by atoms with van der Waals surface area (Å²) in [6, 6.07) is 17.4. The number of Topliss-reactive ketones (excluding diaryl/α,β-unsaturated/α-hetero) is 1. The molecule has 0 saturated carbocycles. The maximum Gasteiger partial charge on any atom is 0.343 e. The molecule has 0 fully saturated rings. The van der Waals surface area contributed by atoms with Crippen LogP contribution in [0.25, 0.3) is 0 Å². The van der Waals surface area contributed by atoms with Crippen molar-refractivity contribution in [1.29, 1.82) is 0 Å². The van der Waals surface area contributed by atoms with Crippen molar-refractivity contribution in [3.05, 3.63) is 83.4 Å². The molecule has 0 radical (unpaired) electrons.